The van der Waals surface area contributed by atoms with Crippen molar-refractivity contribution in [1.29, 1.82) is 0 Å². The molecular weight excluding hydrogens is 268 g/mol. The van der Waals surface area contributed by atoms with E-state index in [1.165, 1.54) is 13.8 Å². The molecule has 0 aromatic rings. The van der Waals surface area contributed by atoms with E-state index in [0.717, 1.165) is 6.26 Å². The fraction of sp³-hybridized carbons (Fsp3) is 0.889. The Kier molecular flexibility index (Phi) is 5.60. The number of hydrogen-bond donors (Lipinski definition) is 1. The normalized spacial score (nSPS) is 14.8. The summed E-state index contributed by atoms with van der Waals surface area (Å²) in [5.74, 6) is -2.61. The summed E-state index contributed by atoms with van der Waals surface area (Å²) in [5, 5.41) is 7.37. The SMILES string of the molecule is CC(C)C(C(=O)O)S(=O)(=O)CCCS(C)(=O)=O. The number of carboxylic acids is 1. The highest BCUT2D eigenvalue weighted by atomic mass is 32.2. The van der Waals surface area contributed by atoms with Crippen molar-refractivity contribution in [3.05, 3.63) is 0 Å². The number of carboxylic acid groups (broad SMARTS) is 1. The van der Waals surface area contributed by atoms with Gasteiger partial charge < -0.3 is 5.11 Å². The van der Waals surface area contributed by atoms with Crippen LogP contribution in [0.15, 0.2) is 0 Å². The number of hydrogen-bond acceptors (Lipinski definition) is 5. The van der Waals surface area contributed by atoms with E-state index in [2.05, 4.69) is 0 Å². The van der Waals surface area contributed by atoms with Crippen molar-refractivity contribution in [1.82, 2.24) is 0 Å². The molecule has 0 radical (unpaired) electrons. The molecule has 0 aromatic carbocycles. The summed E-state index contributed by atoms with van der Waals surface area (Å²) in [5.41, 5.74) is 0. The van der Waals surface area contributed by atoms with E-state index in [-0.39, 0.29) is 12.2 Å². The quantitative estimate of drug-likeness (QED) is 0.703. The van der Waals surface area contributed by atoms with Crippen LogP contribution >= 0.6 is 0 Å². The lowest BCUT2D eigenvalue weighted by molar-refractivity contribution is -0.137. The molecule has 0 bridgehead atoms. The Balaban J connectivity index is 4.73. The average Bonchev–Trinajstić information content (AvgIpc) is 1.96. The van der Waals surface area contributed by atoms with E-state index in [9.17, 15) is 21.6 Å². The molecule has 1 unspecified atom stereocenters. The van der Waals surface area contributed by atoms with Crippen LogP contribution in [-0.2, 0) is 24.5 Å². The third kappa shape index (κ3) is 6.02. The minimum Gasteiger partial charge on any atom is -0.480 e. The lowest BCUT2D eigenvalue weighted by Gasteiger charge is -2.16. The molecule has 0 aliphatic heterocycles. The topological polar surface area (TPSA) is 106 Å². The minimum atomic E-state index is -3.81. The lowest BCUT2D eigenvalue weighted by atomic mass is 10.1. The predicted molar refractivity (Wildman–Crippen MR) is 64.4 cm³/mol. The van der Waals surface area contributed by atoms with Crippen LogP contribution in [0.2, 0.25) is 0 Å². The van der Waals surface area contributed by atoms with Gasteiger partial charge in [0.25, 0.3) is 0 Å². The van der Waals surface area contributed by atoms with Crippen LogP contribution in [0.3, 0.4) is 0 Å². The van der Waals surface area contributed by atoms with E-state index in [1.807, 2.05) is 0 Å². The first-order chi connectivity index (χ1) is 7.47. The van der Waals surface area contributed by atoms with Crippen LogP contribution in [0, 0.1) is 5.92 Å². The Bertz CT molecular complexity index is 460. The van der Waals surface area contributed by atoms with Gasteiger partial charge in [0.1, 0.15) is 9.84 Å². The maximum absolute atomic E-state index is 11.7. The van der Waals surface area contributed by atoms with E-state index in [4.69, 9.17) is 5.11 Å². The van der Waals surface area contributed by atoms with E-state index in [0.29, 0.717) is 0 Å². The molecule has 0 amide bonds. The molecule has 8 heteroatoms. The number of aliphatic carboxylic acids is 1. The molecule has 6 nitrogen and oxygen atoms in total. The van der Waals surface area contributed by atoms with Gasteiger partial charge in [0.15, 0.2) is 15.1 Å². The molecule has 0 heterocycles. The summed E-state index contributed by atoms with van der Waals surface area (Å²) in [4.78, 5) is 10.9. The van der Waals surface area contributed by atoms with Crippen molar-refractivity contribution in [3.8, 4) is 0 Å². The molecule has 0 fully saturated rings. The third-order valence-electron chi connectivity index (χ3n) is 2.18. The van der Waals surface area contributed by atoms with E-state index >= 15 is 0 Å². The van der Waals surface area contributed by atoms with Gasteiger partial charge in [0, 0.05) is 6.26 Å². The van der Waals surface area contributed by atoms with Gasteiger partial charge in [-0.3, -0.25) is 4.79 Å². The first kappa shape index (κ1) is 16.4. The second-order valence-electron chi connectivity index (χ2n) is 4.35. The van der Waals surface area contributed by atoms with Crippen molar-refractivity contribution >= 4 is 25.6 Å². The highest BCUT2D eigenvalue weighted by Gasteiger charge is 2.34. The summed E-state index contributed by atoms with van der Waals surface area (Å²) >= 11 is 0. The molecule has 17 heavy (non-hydrogen) atoms. The standard InChI is InChI=1S/C9H18O6S2/c1-7(2)8(9(10)11)17(14,15)6-4-5-16(3,12)13/h7-8H,4-6H2,1-3H3,(H,10,11). The molecule has 0 saturated carbocycles. The molecule has 1 atom stereocenters. The highest BCUT2D eigenvalue weighted by molar-refractivity contribution is 7.93. The average molecular weight is 286 g/mol. The second kappa shape index (κ2) is 5.81. The summed E-state index contributed by atoms with van der Waals surface area (Å²) in [7, 11) is -7.03. The van der Waals surface area contributed by atoms with Crippen LogP contribution in [-0.4, -0.2) is 50.9 Å². The van der Waals surface area contributed by atoms with Crippen molar-refractivity contribution in [3.63, 3.8) is 0 Å². The van der Waals surface area contributed by atoms with E-state index in [1.54, 1.807) is 0 Å². The number of sulfone groups is 2. The number of carbonyl (C=O) groups is 1. The highest BCUT2D eigenvalue weighted by Crippen LogP contribution is 2.15. The molecular formula is C9H18O6S2. The van der Waals surface area contributed by atoms with Gasteiger partial charge in [-0.1, -0.05) is 13.8 Å². The maximum atomic E-state index is 11.7. The predicted octanol–water partition coefficient (Wildman–Crippen LogP) is -0.0549. The van der Waals surface area contributed by atoms with Gasteiger partial charge in [-0.05, 0) is 12.3 Å². The maximum Gasteiger partial charge on any atom is 0.322 e. The van der Waals surface area contributed by atoms with Crippen LogP contribution in [0.1, 0.15) is 20.3 Å². The van der Waals surface area contributed by atoms with Gasteiger partial charge in [-0.15, -0.1) is 0 Å². The van der Waals surface area contributed by atoms with Crippen LogP contribution in [0.4, 0.5) is 0 Å². The van der Waals surface area contributed by atoms with Gasteiger partial charge in [-0.25, -0.2) is 16.8 Å². The Morgan fingerprint density at radius 3 is 1.88 bits per heavy atom. The monoisotopic (exact) mass is 286 g/mol. The zero-order chi connectivity index (χ0) is 13.9. The fourth-order valence-corrected chi connectivity index (χ4v) is 4.29. The van der Waals surface area contributed by atoms with Crippen molar-refractivity contribution in [2.24, 2.45) is 5.92 Å². The Labute approximate surface area is 102 Å². The van der Waals surface area contributed by atoms with Crippen LogP contribution in [0.5, 0.6) is 0 Å². The molecule has 0 rings (SSSR count). The summed E-state index contributed by atoms with van der Waals surface area (Å²) in [6.07, 6.45) is 0.939. The molecule has 0 saturated heterocycles. The first-order valence-corrected chi connectivity index (χ1v) is 8.87. The fourth-order valence-electron chi connectivity index (χ4n) is 1.50. The van der Waals surface area contributed by atoms with E-state index < -0.39 is 42.6 Å². The first-order valence-electron chi connectivity index (χ1n) is 5.09. The molecule has 0 spiro atoms. The van der Waals surface area contributed by atoms with Crippen LogP contribution < -0.4 is 0 Å². The van der Waals surface area contributed by atoms with Crippen molar-refractivity contribution in [2.45, 2.75) is 25.5 Å². The van der Waals surface area contributed by atoms with Gasteiger partial charge in [0.2, 0.25) is 0 Å². The molecule has 0 aliphatic rings. The largest absolute Gasteiger partial charge is 0.480 e. The van der Waals surface area contributed by atoms with Crippen molar-refractivity contribution < 1.29 is 26.7 Å². The molecule has 102 valence electrons. The zero-order valence-electron chi connectivity index (χ0n) is 10.1. The van der Waals surface area contributed by atoms with Gasteiger partial charge in [0.05, 0.1) is 11.5 Å². The van der Waals surface area contributed by atoms with Gasteiger partial charge >= 0.3 is 5.97 Å². The zero-order valence-corrected chi connectivity index (χ0v) is 11.7. The summed E-state index contributed by atoms with van der Waals surface area (Å²) in [6, 6.07) is 0. The summed E-state index contributed by atoms with van der Waals surface area (Å²) < 4.78 is 45.1. The Hall–Kier alpha value is -0.630. The molecule has 0 aromatic heterocycles. The lowest BCUT2D eigenvalue weighted by Crippen LogP contribution is -2.36. The molecule has 1 N–H and O–H groups in total. The Morgan fingerprint density at radius 2 is 1.59 bits per heavy atom. The Morgan fingerprint density at radius 1 is 1.12 bits per heavy atom. The summed E-state index contributed by atoms with van der Waals surface area (Å²) in [6.45, 7) is 3.01. The van der Waals surface area contributed by atoms with Crippen LogP contribution in [0.25, 0.3) is 0 Å². The number of rotatable bonds is 7. The second-order valence-corrected chi connectivity index (χ2v) is 8.85. The third-order valence-corrected chi connectivity index (χ3v) is 5.59. The molecule has 0 aliphatic carbocycles. The van der Waals surface area contributed by atoms with Gasteiger partial charge in [-0.2, -0.15) is 0 Å². The van der Waals surface area contributed by atoms with Crippen molar-refractivity contribution in [2.75, 3.05) is 17.8 Å². The smallest absolute Gasteiger partial charge is 0.322 e. The minimum absolute atomic E-state index is 0.0718.